The highest BCUT2D eigenvalue weighted by Gasteiger charge is 2.35. The Balaban J connectivity index is 1.26. The monoisotopic (exact) mass is 712 g/mol. The molecule has 3 aromatic carbocycles. The summed E-state index contributed by atoms with van der Waals surface area (Å²) in [7, 11) is 0. The molecule has 0 bridgehead atoms. The third kappa shape index (κ3) is 6.20. The molecule has 0 saturated heterocycles. The Morgan fingerprint density at radius 3 is 2.57 bits per heavy atom. The smallest absolute Gasteiger partial charge is 0.333 e. The van der Waals surface area contributed by atoms with Crippen molar-refractivity contribution in [1.82, 2.24) is 29.3 Å². The molecule has 7 rings (SSSR count). The Labute approximate surface area is 284 Å². The van der Waals surface area contributed by atoms with Crippen LogP contribution in [0.25, 0.3) is 16.9 Å². The number of hydrogen-bond donors (Lipinski definition) is 1. The summed E-state index contributed by atoms with van der Waals surface area (Å²) in [6.07, 6.45) is 5.42. The summed E-state index contributed by atoms with van der Waals surface area (Å²) >= 11 is 9.69. The van der Waals surface area contributed by atoms with E-state index in [1.165, 1.54) is 10.9 Å². The molecule has 1 saturated carbocycles. The van der Waals surface area contributed by atoms with Crippen molar-refractivity contribution < 1.29 is 14.3 Å². The first-order valence-corrected chi connectivity index (χ1v) is 16.5. The minimum atomic E-state index is -0.444. The van der Waals surface area contributed by atoms with Gasteiger partial charge < -0.3 is 15.0 Å². The van der Waals surface area contributed by atoms with Crippen LogP contribution in [-0.2, 0) is 19.6 Å². The van der Waals surface area contributed by atoms with Gasteiger partial charge in [-0.2, -0.15) is 0 Å². The lowest BCUT2D eigenvalue weighted by molar-refractivity contribution is 0.0610. The van der Waals surface area contributed by atoms with E-state index in [9.17, 15) is 14.4 Å². The third-order valence-corrected chi connectivity index (χ3v) is 9.66. The average Bonchev–Trinajstić information content (AvgIpc) is 3.87. The van der Waals surface area contributed by atoms with E-state index in [1.54, 1.807) is 46.0 Å². The summed E-state index contributed by atoms with van der Waals surface area (Å²) < 4.78 is 9.63. The zero-order chi connectivity index (χ0) is 32.7. The second-order valence-corrected chi connectivity index (χ2v) is 12.9. The highest BCUT2D eigenvalue weighted by molar-refractivity contribution is 9.10. The number of nitrogens with one attached hydrogen (secondary N) is 1. The van der Waals surface area contributed by atoms with Crippen LogP contribution in [0.1, 0.15) is 51.9 Å². The summed E-state index contributed by atoms with van der Waals surface area (Å²) in [6, 6.07) is 21.4. The molecule has 0 radical (unpaired) electrons. The number of carbonyl (C=O) groups is 2. The minimum Gasteiger partial charge on any atom is -0.490 e. The van der Waals surface area contributed by atoms with E-state index < -0.39 is 5.91 Å². The summed E-state index contributed by atoms with van der Waals surface area (Å²) in [5.41, 5.74) is 3.64. The maximum absolute atomic E-state index is 14.2. The fourth-order valence-corrected chi connectivity index (χ4v) is 6.27. The van der Waals surface area contributed by atoms with Crippen LogP contribution >= 0.6 is 27.5 Å². The Hall–Kier alpha value is -4.74. The summed E-state index contributed by atoms with van der Waals surface area (Å²) in [5, 5.41) is 3.46. The molecule has 5 aromatic rings. The molecule has 0 unspecified atom stereocenters. The number of benzene rings is 3. The number of nitrogens with zero attached hydrogens (tertiary/aromatic N) is 5. The van der Waals surface area contributed by atoms with Crippen LogP contribution in [0.5, 0.6) is 5.75 Å². The number of halogens is 2. The molecule has 1 aliphatic carbocycles. The normalized spacial score (nSPS) is 15.6. The molecule has 10 nitrogen and oxygen atoms in total. The number of rotatable bonds is 8. The van der Waals surface area contributed by atoms with Crippen molar-refractivity contribution in [2.75, 3.05) is 0 Å². The van der Waals surface area contributed by atoms with Crippen LogP contribution in [0.2, 0.25) is 5.02 Å². The first-order valence-electron chi connectivity index (χ1n) is 15.3. The predicted octanol–water partition coefficient (Wildman–Crippen LogP) is 6.03. The highest BCUT2D eigenvalue weighted by Crippen LogP contribution is 2.30. The van der Waals surface area contributed by atoms with Gasteiger partial charge in [-0.15, -0.1) is 0 Å². The minimum absolute atomic E-state index is 0.0546. The fourth-order valence-electron chi connectivity index (χ4n) is 5.84. The molecule has 1 N–H and O–H groups in total. The summed E-state index contributed by atoms with van der Waals surface area (Å²) in [5.74, 6) is 0.0181. The molecule has 1 aliphatic heterocycles. The molecule has 3 heterocycles. The Morgan fingerprint density at radius 1 is 1.06 bits per heavy atom. The van der Waals surface area contributed by atoms with Gasteiger partial charge in [-0.25, -0.2) is 14.8 Å². The summed E-state index contributed by atoms with van der Waals surface area (Å²) in [4.78, 5) is 52.1. The van der Waals surface area contributed by atoms with Gasteiger partial charge in [0.2, 0.25) is 0 Å². The number of amides is 2. The van der Waals surface area contributed by atoms with E-state index in [4.69, 9.17) is 16.3 Å². The van der Waals surface area contributed by atoms with Crippen LogP contribution < -0.4 is 15.7 Å². The van der Waals surface area contributed by atoms with Gasteiger partial charge >= 0.3 is 5.69 Å². The Morgan fingerprint density at radius 2 is 1.85 bits per heavy atom. The third-order valence-electron chi connectivity index (χ3n) is 8.42. The number of aromatic nitrogens is 4. The highest BCUT2D eigenvalue weighted by atomic mass is 79.9. The molecule has 238 valence electrons. The number of carbonyl (C=O) groups excluding carboxylic acids is 2. The van der Waals surface area contributed by atoms with Crippen molar-refractivity contribution in [3.8, 4) is 22.7 Å². The number of hydrogen-bond acceptors (Lipinski definition) is 6. The summed E-state index contributed by atoms with van der Waals surface area (Å²) in [6.45, 7) is 2.34. The van der Waals surface area contributed by atoms with Crippen LogP contribution in [0.3, 0.4) is 0 Å². The molecule has 2 aliphatic rings. The lowest BCUT2D eigenvalue weighted by Crippen LogP contribution is -2.47. The largest absolute Gasteiger partial charge is 0.490 e. The van der Waals surface area contributed by atoms with Crippen molar-refractivity contribution in [3.05, 3.63) is 128 Å². The zero-order valence-corrected chi connectivity index (χ0v) is 27.7. The van der Waals surface area contributed by atoms with E-state index in [-0.39, 0.29) is 49.1 Å². The van der Waals surface area contributed by atoms with Crippen LogP contribution in [-0.4, -0.2) is 48.0 Å². The molecular formula is C35H30BrClN6O4. The van der Waals surface area contributed by atoms with E-state index in [0.29, 0.717) is 32.2 Å². The second kappa shape index (κ2) is 12.8. The molecule has 47 heavy (non-hydrogen) atoms. The quantitative estimate of drug-likeness (QED) is 0.210. The van der Waals surface area contributed by atoms with Crippen LogP contribution in [0.15, 0.2) is 94.6 Å². The van der Waals surface area contributed by atoms with E-state index in [0.717, 1.165) is 29.7 Å². The lowest BCUT2D eigenvalue weighted by Gasteiger charge is -2.34. The van der Waals surface area contributed by atoms with Gasteiger partial charge in [0.15, 0.2) is 0 Å². The molecule has 1 fully saturated rings. The fraction of sp³-hybridized carbons (Fsp3) is 0.229. The Bertz CT molecular complexity index is 2040. The zero-order valence-electron chi connectivity index (χ0n) is 25.4. The van der Waals surface area contributed by atoms with Crippen molar-refractivity contribution in [2.45, 2.75) is 51.5 Å². The molecular weight excluding hydrogens is 684 g/mol. The van der Waals surface area contributed by atoms with Crippen molar-refractivity contribution in [1.29, 1.82) is 0 Å². The van der Waals surface area contributed by atoms with E-state index >= 15 is 0 Å². The van der Waals surface area contributed by atoms with Crippen LogP contribution in [0.4, 0.5) is 0 Å². The molecule has 2 amide bonds. The standard InChI is InChI=1S/C35H30BrClN6O4/c1-21-18-42-31(19-41(21)34(45)22-6-13-28(36)29(37)16-22)32(43(35(42)46)24-7-9-25(10-8-24)47-26-11-12-26)33(44)39-17-23-4-2-3-5-27(23)30-14-15-38-20-40-30/h2-10,13-16,20-21,26H,11-12,17-19H2,1H3,(H,39,44)/t21-/m1/s1. The lowest BCUT2D eigenvalue weighted by atomic mass is 10.0. The van der Waals surface area contributed by atoms with Crippen LogP contribution in [0, 0.1) is 0 Å². The molecule has 12 heteroatoms. The number of ether oxygens (including phenoxy) is 1. The molecule has 2 aromatic heterocycles. The van der Waals surface area contributed by atoms with Gasteiger partial charge in [-0.05, 0) is 89.8 Å². The maximum atomic E-state index is 14.2. The SMILES string of the molecule is C[C@@H]1Cn2c(c(C(=O)NCc3ccccc3-c3ccncn3)n(-c3ccc(OC4CC4)cc3)c2=O)CN1C(=O)c1ccc(Br)c(Cl)c1. The van der Waals surface area contributed by atoms with Crippen molar-refractivity contribution >= 4 is 39.3 Å². The molecule has 0 spiro atoms. The van der Waals surface area contributed by atoms with Gasteiger partial charge in [-0.1, -0.05) is 35.9 Å². The average molecular weight is 714 g/mol. The van der Waals surface area contributed by atoms with Gasteiger partial charge in [0.1, 0.15) is 17.8 Å². The van der Waals surface area contributed by atoms with Gasteiger partial charge in [0.25, 0.3) is 11.8 Å². The first kappa shape index (κ1) is 30.9. The first-order chi connectivity index (χ1) is 22.8. The van der Waals surface area contributed by atoms with Gasteiger partial charge in [0.05, 0.1) is 34.7 Å². The molecule has 1 atom stereocenters. The van der Waals surface area contributed by atoms with E-state index in [2.05, 4.69) is 31.2 Å². The van der Waals surface area contributed by atoms with Gasteiger partial charge in [-0.3, -0.25) is 18.7 Å². The number of fused-ring (bicyclic) bond motifs is 1. The predicted molar refractivity (Wildman–Crippen MR) is 181 cm³/mol. The van der Waals surface area contributed by atoms with Gasteiger partial charge in [0, 0.05) is 40.9 Å². The van der Waals surface area contributed by atoms with Crippen molar-refractivity contribution in [2.24, 2.45) is 0 Å². The number of imidazole rings is 1. The van der Waals surface area contributed by atoms with E-state index in [1.807, 2.05) is 49.4 Å². The topological polar surface area (TPSA) is 111 Å². The second-order valence-electron chi connectivity index (χ2n) is 11.7. The van der Waals surface area contributed by atoms with Crippen molar-refractivity contribution in [3.63, 3.8) is 0 Å². The maximum Gasteiger partial charge on any atom is 0.333 e. The Kier molecular flexibility index (Phi) is 8.42.